The van der Waals surface area contributed by atoms with E-state index >= 15 is 0 Å². The fourth-order valence-electron chi connectivity index (χ4n) is 2.15. The van der Waals surface area contributed by atoms with Crippen LogP contribution >= 0.6 is 0 Å². The van der Waals surface area contributed by atoms with Crippen molar-refractivity contribution in [2.75, 3.05) is 31.1 Å². The van der Waals surface area contributed by atoms with Crippen molar-refractivity contribution in [2.24, 2.45) is 0 Å². The lowest BCUT2D eigenvalue weighted by atomic mass is 10.1. The number of aryl methyl sites for hydroxylation is 1. The summed E-state index contributed by atoms with van der Waals surface area (Å²) >= 11 is 0. The summed E-state index contributed by atoms with van der Waals surface area (Å²) in [6.07, 6.45) is 3.16. The van der Waals surface area contributed by atoms with Gasteiger partial charge in [-0.3, -0.25) is 0 Å². The minimum atomic E-state index is 1.08. The Labute approximate surface area is 98.0 Å². The van der Waals surface area contributed by atoms with E-state index in [2.05, 4.69) is 41.9 Å². The van der Waals surface area contributed by atoms with Crippen molar-refractivity contribution in [1.82, 2.24) is 5.32 Å². The van der Waals surface area contributed by atoms with Crippen molar-refractivity contribution in [3.8, 4) is 0 Å². The summed E-state index contributed by atoms with van der Waals surface area (Å²) in [6.45, 7) is 10.5. The van der Waals surface area contributed by atoms with Gasteiger partial charge < -0.3 is 10.2 Å². The number of nitrogens with zero attached hydrogens (tertiary/aromatic N) is 1. The minimum Gasteiger partial charge on any atom is -0.370 e. The lowest BCUT2D eigenvalue weighted by Gasteiger charge is -2.23. The van der Waals surface area contributed by atoms with Crippen LogP contribution in [0.25, 0.3) is 6.08 Å². The van der Waals surface area contributed by atoms with Gasteiger partial charge in [0.05, 0.1) is 0 Å². The first-order valence-corrected chi connectivity index (χ1v) is 6.00. The molecule has 86 valence electrons. The molecule has 2 nitrogen and oxygen atoms in total. The summed E-state index contributed by atoms with van der Waals surface area (Å²) in [4.78, 5) is 2.45. The second kappa shape index (κ2) is 5.17. The normalized spacial score (nSPS) is 16.9. The van der Waals surface area contributed by atoms with Gasteiger partial charge in [0.1, 0.15) is 0 Å². The van der Waals surface area contributed by atoms with Gasteiger partial charge in [-0.1, -0.05) is 18.7 Å². The zero-order chi connectivity index (χ0) is 11.4. The average molecular weight is 216 g/mol. The summed E-state index contributed by atoms with van der Waals surface area (Å²) in [6, 6.07) is 6.64. The Morgan fingerprint density at radius 2 is 2.19 bits per heavy atom. The standard InChI is InChI=1S/C14H20N2/c1-3-13-11-14(6-5-12(13)2)16-9-4-7-15-8-10-16/h3,5-6,11,15H,1,4,7-10H2,2H3. The Morgan fingerprint density at radius 1 is 1.31 bits per heavy atom. The average Bonchev–Trinajstić information content (AvgIpc) is 2.58. The first-order chi connectivity index (χ1) is 7.81. The molecule has 0 bridgehead atoms. The molecule has 0 amide bonds. The molecule has 0 atom stereocenters. The highest BCUT2D eigenvalue weighted by Gasteiger charge is 2.09. The van der Waals surface area contributed by atoms with Crippen molar-refractivity contribution in [3.63, 3.8) is 0 Å². The molecule has 0 spiro atoms. The Bertz CT molecular complexity index is 363. The molecule has 1 aromatic rings. The van der Waals surface area contributed by atoms with Gasteiger partial charge in [-0.05, 0) is 43.1 Å². The lowest BCUT2D eigenvalue weighted by molar-refractivity contribution is 0.724. The predicted octanol–water partition coefficient (Wildman–Crippen LogP) is 2.44. The van der Waals surface area contributed by atoms with E-state index in [1.807, 2.05) is 6.08 Å². The molecule has 2 rings (SSSR count). The first kappa shape index (κ1) is 11.2. The maximum atomic E-state index is 3.87. The van der Waals surface area contributed by atoms with Gasteiger partial charge >= 0.3 is 0 Å². The number of hydrogen-bond acceptors (Lipinski definition) is 2. The molecule has 16 heavy (non-hydrogen) atoms. The molecule has 2 heteroatoms. The van der Waals surface area contributed by atoms with Crippen molar-refractivity contribution < 1.29 is 0 Å². The zero-order valence-electron chi connectivity index (χ0n) is 10.00. The molecule has 1 saturated heterocycles. The third-order valence-electron chi connectivity index (χ3n) is 3.19. The maximum Gasteiger partial charge on any atom is 0.0372 e. The van der Waals surface area contributed by atoms with Crippen LogP contribution in [-0.2, 0) is 0 Å². The van der Waals surface area contributed by atoms with Crippen LogP contribution in [0.1, 0.15) is 17.5 Å². The molecule has 1 aliphatic heterocycles. The van der Waals surface area contributed by atoms with Gasteiger partial charge in [0, 0.05) is 25.3 Å². The van der Waals surface area contributed by atoms with Crippen LogP contribution in [0.5, 0.6) is 0 Å². The second-order valence-electron chi connectivity index (χ2n) is 4.34. The Morgan fingerprint density at radius 3 is 3.00 bits per heavy atom. The molecule has 1 aliphatic rings. The third-order valence-corrected chi connectivity index (χ3v) is 3.19. The van der Waals surface area contributed by atoms with Crippen LogP contribution in [0.3, 0.4) is 0 Å². The van der Waals surface area contributed by atoms with E-state index in [4.69, 9.17) is 0 Å². The Balaban J connectivity index is 2.21. The van der Waals surface area contributed by atoms with Crippen molar-refractivity contribution in [1.29, 1.82) is 0 Å². The van der Waals surface area contributed by atoms with Crippen LogP contribution in [0.4, 0.5) is 5.69 Å². The quantitative estimate of drug-likeness (QED) is 0.817. The van der Waals surface area contributed by atoms with E-state index in [0.717, 1.165) is 26.2 Å². The lowest BCUT2D eigenvalue weighted by Crippen LogP contribution is -2.27. The number of rotatable bonds is 2. The van der Waals surface area contributed by atoms with E-state index in [9.17, 15) is 0 Å². The first-order valence-electron chi connectivity index (χ1n) is 6.00. The van der Waals surface area contributed by atoms with E-state index < -0.39 is 0 Å². The van der Waals surface area contributed by atoms with Gasteiger partial charge in [0.25, 0.3) is 0 Å². The van der Waals surface area contributed by atoms with E-state index in [-0.39, 0.29) is 0 Å². The van der Waals surface area contributed by atoms with Gasteiger partial charge in [-0.25, -0.2) is 0 Å². The minimum absolute atomic E-state index is 1.08. The highest BCUT2D eigenvalue weighted by atomic mass is 15.2. The maximum absolute atomic E-state index is 3.87. The second-order valence-corrected chi connectivity index (χ2v) is 4.34. The van der Waals surface area contributed by atoms with Crippen molar-refractivity contribution >= 4 is 11.8 Å². The fraction of sp³-hybridized carbons (Fsp3) is 0.429. The molecule has 0 aliphatic carbocycles. The molecule has 0 saturated carbocycles. The van der Waals surface area contributed by atoms with E-state index in [0.29, 0.717) is 0 Å². The van der Waals surface area contributed by atoms with Crippen LogP contribution in [0.15, 0.2) is 24.8 Å². The summed E-state index contributed by atoms with van der Waals surface area (Å²) in [7, 11) is 0. The molecule has 1 heterocycles. The smallest absolute Gasteiger partial charge is 0.0372 e. The van der Waals surface area contributed by atoms with Crippen molar-refractivity contribution in [3.05, 3.63) is 35.9 Å². The zero-order valence-corrected chi connectivity index (χ0v) is 10.00. The Kier molecular flexibility index (Phi) is 3.62. The van der Waals surface area contributed by atoms with Crippen LogP contribution in [-0.4, -0.2) is 26.2 Å². The van der Waals surface area contributed by atoms with Gasteiger partial charge in [-0.15, -0.1) is 0 Å². The van der Waals surface area contributed by atoms with E-state index in [1.54, 1.807) is 0 Å². The number of anilines is 1. The molecule has 1 aromatic carbocycles. The topological polar surface area (TPSA) is 15.3 Å². The molecule has 0 radical (unpaired) electrons. The fourth-order valence-corrected chi connectivity index (χ4v) is 2.15. The predicted molar refractivity (Wildman–Crippen MR) is 71.0 cm³/mol. The molecule has 1 fully saturated rings. The van der Waals surface area contributed by atoms with Crippen molar-refractivity contribution in [2.45, 2.75) is 13.3 Å². The molecular weight excluding hydrogens is 196 g/mol. The Hall–Kier alpha value is -1.28. The number of nitrogens with one attached hydrogen (secondary N) is 1. The van der Waals surface area contributed by atoms with Crippen LogP contribution in [0, 0.1) is 6.92 Å². The monoisotopic (exact) mass is 216 g/mol. The molecule has 0 unspecified atom stereocenters. The summed E-state index contributed by atoms with van der Waals surface area (Å²) in [5.74, 6) is 0. The largest absolute Gasteiger partial charge is 0.370 e. The molecule has 0 aromatic heterocycles. The molecule has 1 N–H and O–H groups in total. The SMILES string of the molecule is C=Cc1cc(N2CCCNCC2)ccc1C. The molecular formula is C14H20N2. The highest BCUT2D eigenvalue weighted by Crippen LogP contribution is 2.20. The van der Waals surface area contributed by atoms with Crippen LogP contribution in [0.2, 0.25) is 0 Å². The van der Waals surface area contributed by atoms with Crippen LogP contribution < -0.4 is 10.2 Å². The number of hydrogen-bond donors (Lipinski definition) is 1. The number of benzene rings is 1. The third kappa shape index (κ3) is 2.45. The highest BCUT2D eigenvalue weighted by molar-refractivity contribution is 5.60. The van der Waals surface area contributed by atoms with Gasteiger partial charge in [0.2, 0.25) is 0 Å². The summed E-state index contributed by atoms with van der Waals surface area (Å²) in [5, 5.41) is 3.43. The van der Waals surface area contributed by atoms with E-state index in [1.165, 1.54) is 23.2 Å². The van der Waals surface area contributed by atoms with Gasteiger partial charge in [0.15, 0.2) is 0 Å². The van der Waals surface area contributed by atoms with Gasteiger partial charge in [-0.2, -0.15) is 0 Å². The summed E-state index contributed by atoms with van der Waals surface area (Å²) < 4.78 is 0. The summed E-state index contributed by atoms with van der Waals surface area (Å²) in [5.41, 5.74) is 3.87.